The van der Waals surface area contributed by atoms with Crippen LogP contribution in [0.15, 0.2) is 40.1 Å². The van der Waals surface area contributed by atoms with Crippen LogP contribution >= 0.6 is 0 Å². The van der Waals surface area contributed by atoms with Gasteiger partial charge in [0.1, 0.15) is 0 Å². The number of hydrogen-bond acceptors (Lipinski definition) is 4. The van der Waals surface area contributed by atoms with Crippen molar-refractivity contribution in [2.75, 3.05) is 0 Å². The predicted octanol–water partition coefficient (Wildman–Crippen LogP) is 4.26. The van der Waals surface area contributed by atoms with Crippen molar-refractivity contribution in [3.05, 3.63) is 41.0 Å². The zero-order valence-corrected chi connectivity index (χ0v) is 12.4. The number of allylic oxidation sites excluding steroid dienone is 2. The molecule has 0 atom stereocenters. The highest BCUT2D eigenvalue weighted by molar-refractivity contribution is 6.26. The van der Waals surface area contributed by atoms with E-state index in [-0.39, 0.29) is 0 Å². The van der Waals surface area contributed by atoms with Crippen LogP contribution in [0.25, 0.3) is 5.57 Å². The molecule has 0 fully saturated rings. The lowest BCUT2D eigenvalue weighted by atomic mass is 9.96. The van der Waals surface area contributed by atoms with Gasteiger partial charge in [0.05, 0.1) is 5.71 Å². The molecular formula is C17H22N2O2. The second-order valence-corrected chi connectivity index (χ2v) is 5.33. The number of hydrogen-bond donors (Lipinski definition) is 2. The van der Waals surface area contributed by atoms with Crippen LogP contribution in [0.2, 0.25) is 0 Å². The molecule has 0 unspecified atom stereocenters. The summed E-state index contributed by atoms with van der Waals surface area (Å²) in [4.78, 5) is 0. The summed E-state index contributed by atoms with van der Waals surface area (Å²) in [7, 11) is 0. The summed E-state index contributed by atoms with van der Waals surface area (Å²) in [6, 6.07) is 8.13. The van der Waals surface area contributed by atoms with Crippen LogP contribution in [0.3, 0.4) is 0 Å². The highest BCUT2D eigenvalue weighted by atomic mass is 16.4. The van der Waals surface area contributed by atoms with Gasteiger partial charge in [-0.2, -0.15) is 0 Å². The maximum Gasteiger partial charge on any atom is 0.0876 e. The molecule has 4 nitrogen and oxygen atoms in total. The van der Waals surface area contributed by atoms with Crippen LogP contribution in [0, 0.1) is 0 Å². The first-order valence-electron chi connectivity index (χ1n) is 7.48. The first-order chi connectivity index (χ1) is 10.3. The summed E-state index contributed by atoms with van der Waals surface area (Å²) in [6.07, 6.45) is 7.25. The van der Waals surface area contributed by atoms with E-state index in [2.05, 4.69) is 29.4 Å². The van der Waals surface area contributed by atoms with Crippen molar-refractivity contribution >= 4 is 17.5 Å². The van der Waals surface area contributed by atoms with Gasteiger partial charge in [0.15, 0.2) is 0 Å². The summed E-state index contributed by atoms with van der Waals surface area (Å²) in [5.41, 5.74) is 5.45. The van der Waals surface area contributed by atoms with Crippen molar-refractivity contribution in [3.8, 4) is 0 Å². The molecule has 0 amide bonds. The zero-order chi connectivity index (χ0) is 15.1. The zero-order valence-electron chi connectivity index (χ0n) is 12.4. The Morgan fingerprint density at radius 2 is 2.10 bits per heavy atom. The Labute approximate surface area is 125 Å². The van der Waals surface area contributed by atoms with Crippen molar-refractivity contribution in [2.45, 2.75) is 45.4 Å². The Balaban J connectivity index is 2.35. The van der Waals surface area contributed by atoms with E-state index < -0.39 is 0 Å². The first-order valence-corrected chi connectivity index (χ1v) is 7.48. The Morgan fingerprint density at radius 3 is 2.81 bits per heavy atom. The smallest absolute Gasteiger partial charge is 0.0876 e. The number of oxime groups is 2. The number of rotatable bonds is 6. The highest BCUT2D eigenvalue weighted by Gasteiger charge is 2.22. The fourth-order valence-electron chi connectivity index (χ4n) is 2.83. The summed E-state index contributed by atoms with van der Waals surface area (Å²) >= 11 is 0. The SMILES string of the molecule is CCCCC1=C(c2cccc(CC=NO)c2)C(=NO)CC1. The Morgan fingerprint density at radius 1 is 1.24 bits per heavy atom. The molecule has 0 radical (unpaired) electrons. The number of unbranched alkanes of at least 4 members (excludes halogenated alkanes) is 1. The van der Waals surface area contributed by atoms with Gasteiger partial charge in [0.2, 0.25) is 0 Å². The van der Waals surface area contributed by atoms with Gasteiger partial charge in [-0.15, -0.1) is 5.16 Å². The minimum absolute atomic E-state index is 0.591. The summed E-state index contributed by atoms with van der Waals surface area (Å²) in [6.45, 7) is 2.19. The Kier molecular flexibility index (Phi) is 5.55. The number of nitrogens with zero attached hydrogens (tertiary/aromatic N) is 2. The molecule has 0 aromatic heterocycles. The van der Waals surface area contributed by atoms with Gasteiger partial charge in [-0.05, 0) is 36.8 Å². The van der Waals surface area contributed by atoms with E-state index in [0.29, 0.717) is 6.42 Å². The fraction of sp³-hybridized carbons (Fsp3) is 0.412. The van der Waals surface area contributed by atoms with E-state index in [4.69, 9.17) is 5.21 Å². The summed E-state index contributed by atoms with van der Waals surface area (Å²) < 4.78 is 0. The van der Waals surface area contributed by atoms with Gasteiger partial charge in [0.25, 0.3) is 0 Å². The van der Waals surface area contributed by atoms with Crippen molar-refractivity contribution in [2.24, 2.45) is 10.3 Å². The minimum Gasteiger partial charge on any atom is -0.411 e. The maximum absolute atomic E-state index is 9.25. The third kappa shape index (κ3) is 3.72. The van der Waals surface area contributed by atoms with Gasteiger partial charge in [-0.25, -0.2) is 0 Å². The molecule has 0 aliphatic heterocycles. The molecule has 1 aromatic carbocycles. The molecule has 0 spiro atoms. The second kappa shape index (κ2) is 7.62. The second-order valence-electron chi connectivity index (χ2n) is 5.33. The Bertz CT molecular complexity index is 574. The molecule has 1 aromatic rings. The molecule has 0 saturated carbocycles. The standard InChI is InChI=1S/C17H22N2O2/c1-2-3-6-14-8-9-16(19-21)17(14)15-7-4-5-13(12-15)10-11-18-20/h4-5,7,11-12,20-21H,2-3,6,8-10H2,1H3. The lowest BCUT2D eigenvalue weighted by Crippen LogP contribution is -1.99. The van der Waals surface area contributed by atoms with Crippen LogP contribution in [0.5, 0.6) is 0 Å². The van der Waals surface area contributed by atoms with E-state index in [1.807, 2.05) is 12.1 Å². The van der Waals surface area contributed by atoms with Crippen molar-refractivity contribution in [1.82, 2.24) is 0 Å². The van der Waals surface area contributed by atoms with Gasteiger partial charge < -0.3 is 10.4 Å². The van der Waals surface area contributed by atoms with E-state index in [9.17, 15) is 5.21 Å². The lowest BCUT2D eigenvalue weighted by molar-refractivity contribution is 0.319. The normalized spacial score (nSPS) is 17.3. The monoisotopic (exact) mass is 286 g/mol. The van der Waals surface area contributed by atoms with Gasteiger partial charge in [-0.3, -0.25) is 0 Å². The third-order valence-corrected chi connectivity index (χ3v) is 3.88. The van der Waals surface area contributed by atoms with Crippen LogP contribution in [-0.2, 0) is 6.42 Å². The topological polar surface area (TPSA) is 65.2 Å². The van der Waals surface area contributed by atoms with Crippen molar-refractivity contribution in [1.29, 1.82) is 0 Å². The molecule has 0 saturated heterocycles. The van der Waals surface area contributed by atoms with E-state index in [1.165, 1.54) is 11.8 Å². The van der Waals surface area contributed by atoms with Crippen molar-refractivity contribution < 1.29 is 10.4 Å². The van der Waals surface area contributed by atoms with Crippen LogP contribution < -0.4 is 0 Å². The third-order valence-electron chi connectivity index (χ3n) is 3.88. The maximum atomic E-state index is 9.25. The molecule has 1 aliphatic rings. The van der Waals surface area contributed by atoms with Crippen LogP contribution in [0.1, 0.15) is 50.2 Å². The molecule has 1 aliphatic carbocycles. The molecule has 2 N–H and O–H groups in total. The molecule has 112 valence electrons. The molecule has 0 heterocycles. The largest absolute Gasteiger partial charge is 0.411 e. The van der Waals surface area contributed by atoms with E-state index in [0.717, 1.165) is 54.5 Å². The van der Waals surface area contributed by atoms with Gasteiger partial charge in [0, 0.05) is 18.2 Å². The lowest BCUT2D eigenvalue weighted by Gasteiger charge is -2.09. The number of benzene rings is 1. The van der Waals surface area contributed by atoms with E-state index in [1.54, 1.807) is 0 Å². The molecule has 21 heavy (non-hydrogen) atoms. The van der Waals surface area contributed by atoms with Gasteiger partial charge >= 0.3 is 0 Å². The quantitative estimate of drug-likeness (QED) is 0.466. The van der Waals surface area contributed by atoms with E-state index >= 15 is 0 Å². The van der Waals surface area contributed by atoms with Gasteiger partial charge in [-0.1, -0.05) is 48.3 Å². The minimum atomic E-state index is 0.591. The predicted molar refractivity (Wildman–Crippen MR) is 85.3 cm³/mol. The molecule has 4 heteroatoms. The fourth-order valence-corrected chi connectivity index (χ4v) is 2.83. The molecular weight excluding hydrogens is 264 g/mol. The van der Waals surface area contributed by atoms with Crippen LogP contribution in [0.4, 0.5) is 0 Å². The highest BCUT2D eigenvalue weighted by Crippen LogP contribution is 2.35. The average Bonchev–Trinajstić information content (AvgIpc) is 2.94. The van der Waals surface area contributed by atoms with Crippen molar-refractivity contribution in [3.63, 3.8) is 0 Å². The average molecular weight is 286 g/mol. The summed E-state index contributed by atoms with van der Waals surface area (Å²) in [5.74, 6) is 0. The molecule has 2 rings (SSSR count). The first kappa shape index (κ1) is 15.3. The summed E-state index contributed by atoms with van der Waals surface area (Å²) in [5, 5.41) is 24.3. The van der Waals surface area contributed by atoms with Crippen LogP contribution in [-0.4, -0.2) is 22.3 Å². The Hall–Kier alpha value is -2.10. The molecule has 0 bridgehead atoms.